The molecule has 0 spiro atoms. The van der Waals surface area contributed by atoms with Crippen LogP contribution in [0.5, 0.6) is 0 Å². The third kappa shape index (κ3) is 1.54. The molecular weight excluding hydrogens is 164 g/mol. The van der Waals surface area contributed by atoms with Crippen molar-refractivity contribution in [1.29, 1.82) is 0 Å². The number of nitrogens with zero attached hydrogens (tertiary/aromatic N) is 2. The Labute approximate surface area is 77.4 Å². The van der Waals surface area contributed by atoms with Gasteiger partial charge in [-0.05, 0) is 18.6 Å². The van der Waals surface area contributed by atoms with E-state index in [1.54, 1.807) is 12.3 Å². The molecule has 1 saturated heterocycles. The minimum absolute atomic E-state index is 0.0233. The van der Waals surface area contributed by atoms with E-state index in [4.69, 9.17) is 0 Å². The van der Waals surface area contributed by atoms with Crippen molar-refractivity contribution in [3.63, 3.8) is 0 Å². The van der Waals surface area contributed by atoms with E-state index in [1.165, 1.54) is 13.3 Å². The summed E-state index contributed by atoms with van der Waals surface area (Å²) in [5.74, 6) is 0.0233. The summed E-state index contributed by atoms with van der Waals surface area (Å²) in [5.41, 5.74) is 1.67. The van der Waals surface area contributed by atoms with Crippen LogP contribution in [0.25, 0.3) is 0 Å². The van der Waals surface area contributed by atoms with Crippen LogP contribution >= 0.6 is 0 Å². The van der Waals surface area contributed by atoms with Crippen molar-refractivity contribution >= 4 is 11.5 Å². The van der Waals surface area contributed by atoms with Crippen LogP contribution in [0.2, 0.25) is 0 Å². The molecule has 1 aliphatic rings. The molecule has 0 unspecified atom stereocenters. The van der Waals surface area contributed by atoms with Crippen molar-refractivity contribution < 1.29 is 4.79 Å². The highest BCUT2D eigenvalue weighted by Gasteiger charge is 2.14. The third-order valence-electron chi connectivity index (χ3n) is 2.33. The summed E-state index contributed by atoms with van der Waals surface area (Å²) in [6, 6.07) is 3.75. The number of anilines is 1. The monoisotopic (exact) mass is 176 g/mol. The molecule has 3 heteroatoms. The zero-order chi connectivity index (χ0) is 9.26. The number of aromatic nitrogens is 1. The van der Waals surface area contributed by atoms with Gasteiger partial charge in [-0.3, -0.25) is 9.78 Å². The normalized spacial score (nSPS) is 15.3. The molecule has 1 aliphatic heterocycles. The van der Waals surface area contributed by atoms with Crippen molar-refractivity contribution in [1.82, 2.24) is 4.98 Å². The quantitative estimate of drug-likeness (QED) is 0.640. The zero-order valence-electron chi connectivity index (χ0n) is 7.66. The van der Waals surface area contributed by atoms with Crippen LogP contribution in [0.4, 0.5) is 5.69 Å². The first kappa shape index (κ1) is 8.23. The predicted molar refractivity (Wildman–Crippen MR) is 51.1 cm³/mol. The third-order valence-corrected chi connectivity index (χ3v) is 2.33. The zero-order valence-corrected chi connectivity index (χ0v) is 7.66. The van der Waals surface area contributed by atoms with Crippen molar-refractivity contribution in [2.45, 2.75) is 13.3 Å². The first-order chi connectivity index (χ1) is 6.27. The van der Waals surface area contributed by atoms with E-state index in [-0.39, 0.29) is 5.78 Å². The number of carbonyl (C=O) groups excluding carboxylic acids is 1. The summed E-state index contributed by atoms with van der Waals surface area (Å²) < 4.78 is 0. The van der Waals surface area contributed by atoms with Gasteiger partial charge in [0.1, 0.15) is 5.69 Å². The molecule has 0 atom stereocenters. The van der Waals surface area contributed by atoms with Crippen LogP contribution in [0.1, 0.15) is 23.8 Å². The molecule has 0 bridgehead atoms. The molecule has 1 fully saturated rings. The Balaban J connectivity index is 2.17. The smallest absolute Gasteiger partial charge is 0.178 e. The second-order valence-electron chi connectivity index (χ2n) is 3.30. The van der Waals surface area contributed by atoms with Crippen molar-refractivity contribution in [2.24, 2.45) is 0 Å². The first-order valence-electron chi connectivity index (χ1n) is 4.49. The largest absolute Gasteiger partial charge is 0.370 e. The van der Waals surface area contributed by atoms with Gasteiger partial charge in [-0.15, -0.1) is 0 Å². The molecule has 13 heavy (non-hydrogen) atoms. The summed E-state index contributed by atoms with van der Waals surface area (Å²) >= 11 is 0. The van der Waals surface area contributed by atoms with E-state index in [1.807, 2.05) is 6.07 Å². The van der Waals surface area contributed by atoms with Crippen molar-refractivity contribution in [2.75, 3.05) is 18.0 Å². The minimum Gasteiger partial charge on any atom is -0.370 e. The summed E-state index contributed by atoms with van der Waals surface area (Å²) in [7, 11) is 0. The average Bonchev–Trinajstić information content (AvgIpc) is 2.02. The summed E-state index contributed by atoms with van der Waals surface area (Å²) in [6.07, 6.45) is 3.03. The van der Waals surface area contributed by atoms with E-state index in [2.05, 4.69) is 9.88 Å². The molecule has 0 amide bonds. The second kappa shape index (κ2) is 3.17. The summed E-state index contributed by atoms with van der Waals surface area (Å²) in [6.45, 7) is 3.76. The molecule has 2 rings (SSSR count). The number of hydrogen-bond donors (Lipinski definition) is 0. The molecule has 68 valence electrons. The molecular formula is C10H12N2O. The Hall–Kier alpha value is -1.38. The second-order valence-corrected chi connectivity index (χ2v) is 3.30. The maximum Gasteiger partial charge on any atom is 0.178 e. The van der Waals surface area contributed by atoms with E-state index in [0.29, 0.717) is 5.69 Å². The van der Waals surface area contributed by atoms with Crippen LogP contribution in [0.15, 0.2) is 18.3 Å². The number of pyridine rings is 1. The standard InChI is InChI=1S/C10H12N2O/c1-8(13)10-4-3-9(7-11-10)12-5-2-6-12/h3-4,7H,2,5-6H2,1H3. The number of hydrogen-bond acceptors (Lipinski definition) is 3. The number of carbonyl (C=O) groups is 1. The Morgan fingerprint density at radius 2 is 2.23 bits per heavy atom. The molecule has 0 aromatic carbocycles. The first-order valence-corrected chi connectivity index (χ1v) is 4.49. The predicted octanol–water partition coefficient (Wildman–Crippen LogP) is 1.49. The summed E-state index contributed by atoms with van der Waals surface area (Å²) in [5, 5.41) is 0. The fourth-order valence-electron chi connectivity index (χ4n) is 1.36. The fraction of sp³-hybridized carbons (Fsp3) is 0.400. The van der Waals surface area contributed by atoms with E-state index in [0.717, 1.165) is 18.8 Å². The maximum absolute atomic E-state index is 10.9. The topological polar surface area (TPSA) is 33.2 Å². The molecule has 1 aromatic heterocycles. The fourth-order valence-corrected chi connectivity index (χ4v) is 1.36. The lowest BCUT2D eigenvalue weighted by molar-refractivity contribution is 0.101. The van der Waals surface area contributed by atoms with E-state index in [9.17, 15) is 4.79 Å². The molecule has 3 nitrogen and oxygen atoms in total. The van der Waals surface area contributed by atoms with Gasteiger partial charge in [0.25, 0.3) is 0 Å². The Morgan fingerprint density at radius 3 is 2.62 bits per heavy atom. The lowest BCUT2D eigenvalue weighted by Gasteiger charge is -2.32. The number of Topliss-reactive ketones (excluding diaryl/α,β-unsaturated/α-hetero) is 1. The molecule has 0 saturated carbocycles. The van der Waals surface area contributed by atoms with E-state index < -0.39 is 0 Å². The molecule has 1 aromatic rings. The van der Waals surface area contributed by atoms with Gasteiger partial charge >= 0.3 is 0 Å². The van der Waals surface area contributed by atoms with Crippen LogP contribution < -0.4 is 4.90 Å². The highest BCUT2D eigenvalue weighted by atomic mass is 16.1. The van der Waals surface area contributed by atoms with Gasteiger partial charge in [-0.2, -0.15) is 0 Å². The lowest BCUT2D eigenvalue weighted by Crippen LogP contribution is -2.37. The van der Waals surface area contributed by atoms with E-state index >= 15 is 0 Å². The minimum atomic E-state index is 0.0233. The van der Waals surface area contributed by atoms with Gasteiger partial charge in [-0.1, -0.05) is 0 Å². The lowest BCUT2D eigenvalue weighted by atomic mass is 10.2. The van der Waals surface area contributed by atoms with Crippen LogP contribution in [0.3, 0.4) is 0 Å². The van der Waals surface area contributed by atoms with Gasteiger partial charge in [0.05, 0.1) is 11.9 Å². The Bertz CT molecular complexity index is 314. The van der Waals surface area contributed by atoms with Gasteiger partial charge in [0.15, 0.2) is 5.78 Å². The highest BCUT2D eigenvalue weighted by Crippen LogP contribution is 2.19. The van der Waals surface area contributed by atoms with Gasteiger partial charge in [0, 0.05) is 20.0 Å². The van der Waals surface area contributed by atoms with Crippen LogP contribution in [0, 0.1) is 0 Å². The molecule has 0 radical (unpaired) electrons. The van der Waals surface area contributed by atoms with Gasteiger partial charge < -0.3 is 4.90 Å². The van der Waals surface area contributed by atoms with Crippen molar-refractivity contribution in [3.05, 3.63) is 24.0 Å². The molecule has 2 heterocycles. The molecule has 0 N–H and O–H groups in total. The molecule has 0 aliphatic carbocycles. The number of rotatable bonds is 2. The van der Waals surface area contributed by atoms with Crippen LogP contribution in [-0.4, -0.2) is 23.9 Å². The SMILES string of the molecule is CC(=O)c1ccc(N2CCC2)cn1. The Kier molecular flexibility index (Phi) is 2.00. The van der Waals surface area contributed by atoms with Crippen molar-refractivity contribution in [3.8, 4) is 0 Å². The Morgan fingerprint density at radius 1 is 1.46 bits per heavy atom. The summed E-state index contributed by atoms with van der Waals surface area (Å²) in [4.78, 5) is 17.3. The highest BCUT2D eigenvalue weighted by molar-refractivity contribution is 5.92. The number of ketones is 1. The maximum atomic E-state index is 10.9. The van der Waals surface area contributed by atoms with Gasteiger partial charge in [0.2, 0.25) is 0 Å². The van der Waals surface area contributed by atoms with Crippen LogP contribution in [-0.2, 0) is 0 Å². The average molecular weight is 176 g/mol. The van der Waals surface area contributed by atoms with Gasteiger partial charge in [-0.25, -0.2) is 0 Å².